The fourth-order valence-electron chi connectivity index (χ4n) is 2.75. The van der Waals surface area contributed by atoms with Gasteiger partial charge >= 0.3 is 0 Å². The minimum absolute atomic E-state index is 0.437. The average Bonchev–Trinajstić information content (AvgIpc) is 2.43. The summed E-state index contributed by atoms with van der Waals surface area (Å²) in [6.07, 6.45) is 4.75. The second-order valence-electron chi connectivity index (χ2n) is 5.50. The molecule has 4 heteroatoms. The van der Waals surface area contributed by atoms with Gasteiger partial charge in [-0.05, 0) is 61.9 Å². The van der Waals surface area contributed by atoms with Crippen molar-refractivity contribution in [3.05, 3.63) is 32.7 Å². The monoisotopic (exact) mass is 403 g/mol. The zero-order chi connectivity index (χ0) is 14.4. The fraction of sp³-hybridized carbons (Fsp3) is 0.625. The lowest BCUT2D eigenvalue weighted by atomic mass is 9.89. The van der Waals surface area contributed by atoms with Gasteiger partial charge in [-0.25, -0.2) is 0 Å². The molecule has 0 amide bonds. The molecule has 0 aliphatic carbocycles. The number of rotatable bonds is 6. The molecule has 20 heavy (non-hydrogen) atoms. The maximum absolute atomic E-state index is 5.47. The van der Waals surface area contributed by atoms with Gasteiger partial charge in [0.1, 0.15) is 0 Å². The third-order valence-electron chi connectivity index (χ3n) is 3.84. The van der Waals surface area contributed by atoms with Crippen molar-refractivity contribution in [1.29, 1.82) is 0 Å². The van der Waals surface area contributed by atoms with E-state index >= 15 is 0 Å². The molecule has 1 aliphatic rings. The van der Waals surface area contributed by atoms with Crippen LogP contribution in [0.3, 0.4) is 0 Å². The average molecular weight is 405 g/mol. The van der Waals surface area contributed by atoms with Crippen molar-refractivity contribution in [3.63, 3.8) is 0 Å². The molecule has 2 rings (SSSR count). The summed E-state index contributed by atoms with van der Waals surface area (Å²) < 4.78 is 7.74. The Morgan fingerprint density at radius 3 is 2.45 bits per heavy atom. The van der Waals surface area contributed by atoms with E-state index < -0.39 is 0 Å². The quantitative estimate of drug-likeness (QED) is 0.714. The molecule has 1 aromatic carbocycles. The van der Waals surface area contributed by atoms with Gasteiger partial charge in [-0.15, -0.1) is 0 Å². The normalized spacial score (nSPS) is 18.1. The Labute approximate surface area is 138 Å². The predicted octanol–water partition coefficient (Wildman–Crippen LogP) is 5.07. The maximum Gasteiger partial charge on any atom is 0.0468 e. The topological polar surface area (TPSA) is 21.3 Å². The van der Waals surface area contributed by atoms with Crippen LogP contribution in [0.2, 0.25) is 0 Å². The van der Waals surface area contributed by atoms with Crippen LogP contribution in [-0.4, -0.2) is 19.8 Å². The van der Waals surface area contributed by atoms with Crippen LogP contribution >= 0.6 is 31.9 Å². The van der Waals surface area contributed by atoms with E-state index in [1.807, 2.05) is 0 Å². The number of hydrogen-bond donors (Lipinski definition) is 1. The van der Waals surface area contributed by atoms with Crippen molar-refractivity contribution < 1.29 is 4.74 Å². The SMILES string of the molecule is CCCNC(CC1CCOCC1)c1cc(Br)cc(Br)c1. The molecule has 0 saturated carbocycles. The minimum Gasteiger partial charge on any atom is -0.381 e. The Morgan fingerprint density at radius 1 is 1.20 bits per heavy atom. The van der Waals surface area contributed by atoms with Gasteiger partial charge in [-0.1, -0.05) is 38.8 Å². The summed E-state index contributed by atoms with van der Waals surface area (Å²) in [5, 5.41) is 3.70. The van der Waals surface area contributed by atoms with Crippen LogP contribution in [0.25, 0.3) is 0 Å². The first-order valence-electron chi connectivity index (χ1n) is 7.46. The molecule has 1 aromatic rings. The van der Waals surface area contributed by atoms with Crippen LogP contribution in [0.1, 0.15) is 44.2 Å². The molecule has 1 atom stereocenters. The Bertz CT molecular complexity index is 399. The standard InChI is InChI=1S/C16H23Br2NO/c1-2-5-19-16(8-12-3-6-20-7-4-12)13-9-14(17)11-15(18)10-13/h9-12,16,19H,2-8H2,1H3. The lowest BCUT2D eigenvalue weighted by Crippen LogP contribution is -2.27. The van der Waals surface area contributed by atoms with Crippen LogP contribution in [0, 0.1) is 5.92 Å². The summed E-state index contributed by atoms with van der Waals surface area (Å²) in [6.45, 7) is 5.13. The van der Waals surface area contributed by atoms with Crippen molar-refractivity contribution in [1.82, 2.24) is 5.32 Å². The van der Waals surface area contributed by atoms with Crippen molar-refractivity contribution >= 4 is 31.9 Å². The van der Waals surface area contributed by atoms with E-state index in [1.54, 1.807) is 0 Å². The number of nitrogens with one attached hydrogen (secondary N) is 1. The summed E-state index contributed by atoms with van der Waals surface area (Å²) in [5.74, 6) is 0.774. The highest BCUT2D eigenvalue weighted by molar-refractivity contribution is 9.11. The fourth-order valence-corrected chi connectivity index (χ4v) is 4.08. The highest BCUT2D eigenvalue weighted by Gasteiger charge is 2.20. The first-order valence-corrected chi connectivity index (χ1v) is 9.04. The van der Waals surface area contributed by atoms with E-state index in [9.17, 15) is 0 Å². The third-order valence-corrected chi connectivity index (χ3v) is 4.75. The van der Waals surface area contributed by atoms with Crippen LogP contribution in [0.15, 0.2) is 27.1 Å². The van der Waals surface area contributed by atoms with E-state index in [1.165, 1.54) is 31.2 Å². The molecular weight excluding hydrogens is 382 g/mol. The Kier molecular flexibility index (Phi) is 7.02. The Balaban J connectivity index is 2.08. The van der Waals surface area contributed by atoms with Gasteiger partial charge in [-0.3, -0.25) is 0 Å². The lowest BCUT2D eigenvalue weighted by Gasteiger charge is -2.28. The highest BCUT2D eigenvalue weighted by Crippen LogP contribution is 2.31. The maximum atomic E-state index is 5.47. The van der Waals surface area contributed by atoms with Crippen LogP contribution in [0.5, 0.6) is 0 Å². The largest absolute Gasteiger partial charge is 0.381 e. The second kappa shape index (κ2) is 8.52. The molecule has 1 fully saturated rings. The molecule has 112 valence electrons. The zero-order valence-electron chi connectivity index (χ0n) is 12.0. The molecular formula is C16H23Br2NO. The first-order chi connectivity index (χ1) is 9.69. The number of ether oxygens (including phenoxy) is 1. The van der Waals surface area contributed by atoms with Gasteiger partial charge in [-0.2, -0.15) is 0 Å². The number of benzene rings is 1. The van der Waals surface area contributed by atoms with Crippen molar-refractivity contribution in [2.75, 3.05) is 19.8 Å². The van der Waals surface area contributed by atoms with Crippen LogP contribution in [-0.2, 0) is 4.74 Å². The van der Waals surface area contributed by atoms with Gasteiger partial charge in [0.25, 0.3) is 0 Å². The van der Waals surface area contributed by atoms with E-state index in [0.717, 1.165) is 34.6 Å². The molecule has 0 radical (unpaired) electrons. The molecule has 1 aliphatic heterocycles. The molecule has 1 N–H and O–H groups in total. The second-order valence-corrected chi connectivity index (χ2v) is 7.33. The summed E-state index contributed by atoms with van der Waals surface area (Å²) >= 11 is 7.19. The molecule has 2 nitrogen and oxygen atoms in total. The van der Waals surface area contributed by atoms with Crippen LogP contribution in [0.4, 0.5) is 0 Å². The molecule has 1 unspecified atom stereocenters. The highest BCUT2D eigenvalue weighted by atomic mass is 79.9. The number of hydrogen-bond acceptors (Lipinski definition) is 2. The van der Waals surface area contributed by atoms with E-state index in [-0.39, 0.29) is 0 Å². The Hall–Kier alpha value is 0.1000. The molecule has 1 heterocycles. The summed E-state index contributed by atoms with van der Waals surface area (Å²) in [6, 6.07) is 7.00. The van der Waals surface area contributed by atoms with E-state index in [2.05, 4.69) is 62.3 Å². The number of halogens is 2. The van der Waals surface area contributed by atoms with Crippen molar-refractivity contribution in [2.45, 2.75) is 38.6 Å². The lowest BCUT2D eigenvalue weighted by molar-refractivity contribution is 0.0605. The third kappa shape index (κ3) is 5.14. The molecule has 0 spiro atoms. The molecule has 1 saturated heterocycles. The van der Waals surface area contributed by atoms with Gasteiger partial charge < -0.3 is 10.1 Å². The van der Waals surface area contributed by atoms with E-state index in [0.29, 0.717) is 6.04 Å². The Morgan fingerprint density at radius 2 is 1.85 bits per heavy atom. The molecule has 0 aromatic heterocycles. The van der Waals surface area contributed by atoms with Gasteiger partial charge in [0, 0.05) is 28.2 Å². The summed E-state index contributed by atoms with van der Waals surface area (Å²) in [7, 11) is 0. The van der Waals surface area contributed by atoms with E-state index in [4.69, 9.17) is 4.74 Å². The van der Waals surface area contributed by atoms with Gasteiger partial charge in [0.05, 0.1) is 0 Å². The minimum atomic E-state index is 0.437. The first kappa shape index (κ1) is 16.5. The smallest absolute Gasteiger partial charge is 0.0468 e. The molecule has 0 bridgehead atoms. The summed E-state index contributed by atoms with van der Waals surface area (Å²) in [4.78, 5) is 0. The van der Waals surface area contributed by atoms with Crippen molar-refractivity contribution in [2.24, 2.45) is 5.92 Å². The van der Waals surface area contributed by atoms with Crippen molar-refractivity contribution in [3.8, 4) is 0 Å². The zero-order valence-corrected chi connectivity index (χ0v) is 15.2. The van der Waals surface area contributed by atoms with Gasteiger partial charge in [0.15, 0.2) is 0 Å². The van der Waals surface area contributed by atoms with Crippen LogP contribution < -0.4 is 5.32 Å². The predicted molar refractivity (Wildman–Crippen MR) is 91.0 cm³/mol. The van der Waals surface area contributed by atoms with Gasteiger partial charge in [0.2, 0.25) is 0 Å². The summed E-state index contributed by atoms with van der Waals surface area (Å²) in [5.41, 5.74) is 1.37.